The number of piperidine rings is 1. The minimum absolute atomic E-state index is 0.244. The molecule has 2 rings (SSSR count). The fraction of sp³-hybridized carbons (Fsp3) is 0.944. The zero-order valence-corrected chi connectivity index (χ0v) is 15.4. The fourth-order valence-corrected chi connectivity index (χ4v) is 3.58. The molecule has 0 aromatic rings. The van der Waals surface area contributed by atoms with Crippen molar-refractivity contribution >= 4 is 6.09 Å². The second-order valence-electron chi connectivity index (χ2n) is 8.36. The summed E-state index contributed by atoms with van der Waals surface area (Å²) in [4.78, 5) is 14.3. The van der Waals surface area contributed by atoms with Crippen molar-refractivity contribution in [1.29, 1.82) is 0 Å². The number of alkyl carbamates (subject to hydrolysis) is 1. The van der Waals surface area contributed by atoms with E-state index >= 15 is 0 Å². The van der Waals surface area contributed by atoms with Gasteiger partial charge in [-0.05, 0) is 91.9 Å². The highest BCUT2D eigenvalue weighted by atomic mass is 16.6. The molecule has 0 spiro atoms. The Bertz CT molecular complexity index is 373. The summed E-state index contributed by atoms with van der Waals surface area (Å²) in [7, 11) is 2.21. The third-order valence-corrected chi connectivity index (χ3v) is 4.93. The first-order chi connectivity index (χ1) is 10.8. The summed E-state index contributed by atoms with van der Waals surface area (Å²) in [5.41, 5.74) is -0.426. The number of hydrogen-bond acceptors (Lipinski definition) is 4. The highest BCUT2D eigenvalue weighted by Gasteiger charge is 2.26. The Kier molecular flexibility index (Phi) is 6.72. The van der Waals surface area contributed by atoms with Crippen LogP contribution in [0, 0.1) is 5.92 Å². The SMILES string of the molecule is CN1CCC(CNC2CCCC(NC(=O)OC(C)(C)C)C2)CC1. The van der Waals surface area contributed by atoms with Gasteiger partial charge in [0, 0.05) is 12.1 Å². The van der Waals surface area contributed by atoms with E-state index in [-0.39, 0.29) is 12.1 Å². The number of rotatable bonds is 4. The van der Waals surface area contributed by atoms with Crippen LogP contribution in [0.25, 0.3) is 0 Å². The Balaban J connectivity index is 1.68. The lowest BCUT2D eigenvalue weighted by atomic mass is 9.90. The number of ether oxygens (including phenoxy) is 1. The monoisotopic (exact) mass is 325 g/mol. The van der Waals surface area contributed by atoms with E-state index in [9.17, 15) is 4.79 Å². The fourth-order valence-electron chi connectivity index (χ4n) is 3.58. The van der Waals surface area contributed by atoms with Crippen LogP contribution in [0.4, 0.5) is 4.79 Å². The Labute approximate surface area is 141 Å². The predicted molar refractivity (Wildman–Crippen MR) is 93.6 cm³/mol. The molecule has 2 aliphatic rings. The molecule has 0 aromatic carbocycles. The first-order valence-electron chi connectivity index (χ1n) is 9.23. The van der Waals surface area contributed by atoms with Crippen molar-refractivity contribution in [2.45, 2.75) is 77.0 Å². The van der Waals surface area contributed by atoms with Crippen LogP contribution in [0.1, 0.15) is 59.3 Å². The zero-order chi connectivity index (χ0) is 16.9. The average molecular weight is 325 g/mol. The minimum Gasteiger partial charge on any atom is -0.444 e. The molecule has 0 aromatic heterocycles. The van der Waals surface area contributed by atoms with Gasteiger partial charge in [0.05, 0.1) is 0 Å². The number of carbonyl (C=O) groups excluding carboxylic acids is 1. The molecule has 2 unspecified atom stereocenters. The minimum atomic E-state index is -0.426. The summed E-state index contributed by atoms with van der Waals surface area (Å²) in [6, 6.07) is 0.775. The lowest BCUT2D eigenvalue weighted by Crippen LogP contribution is -2.47. The van der Waals surface area contributed by atoms with Crippen LogP contribution >= 0.6 is 0 Å². The second kappa shape index (κ2) is 8.34. The van der Waals surface area contributed by atoms with Crippen LogP contribution in [0.15, 0.2) is 0 Å². The van der Waals surface area contributed by atoms with E-state index in [1.54, 1.807) is 0 Å². The summed E-state index contributed by atoms with van der Waals surface area (Å²) in [5.74, 6) is 0.811. The predicted octanol–water partition coefficient (Wildman–Crippen LogP) is 2.75. The Morgan fingerprint density at radius 2 is 1.78 bits per heavy atom. The van der Waals surface area contributed by atoms with Crippen LogP contribution in [0.3, 0.4) is 0 Å². The largest absolute Gasteiger partial charge is 0.444 e. The molecule has 1 saturated heterocycles. The number of hydrogen-bond donors (Lipinski definition) is 2. The van der Waals surface area contributed by atoms with Crippen LogP contribution in [-0.4, -0.2) is 55.4 Å². The van der Waals surface area contributed by atoms with Crippen molar-refractivity contribution in [1.82, 2.24) is 15.5 Å². The lowest BCUT2D eigenvalue weighted by molar-refractivity contribution is 0.0488. The number of carbonyl (C=O) groups is 1. The quantitative estimate of drug-likeness (QED) is 0.834. The van der Waals surface area contributed by atoms with E-state index in [0.717, 1.165) is 25.3 Å². The normalized spacial score (nSPS) is 27.7. The summed E-state index contributed by atoms with van der Waals surface area (Å²) in [6.45, 7) is 9.27. The molecule has 2 atom stereocenters. The number of nitrogens with zero attached hydrogens (tertiary/aromatic N) is 1. The van der Waals surface area contributed by atoms with Gasteiger partial charge in [-0.25, -0.2) is 4.79 Å². The highest BCUT2D eigenvalue weighted by Crippen LogP contribution is 2.21. The molecular formula is C18H35N3O2. The number of likely N-dealkylation sites (tertiary alicyclic amines) is 1. The second-order valence-corrected chi connectivity index (χ2v) is 8.36. The van der Waals surface area contributed by atoms with E-state index < -0.39 is 5.60 Å². The summed E-state index contributed by atoms with van der Waals surface area (Å²) in [6.07, 6.45) is 6.80. The van der Waals surface area contributed by atoms with Crippen molar-refractivity contribution in [2.24, 2.45) is 5.92 Å². The van der Waals surface area contributed by atoms with Crippen molar-refractivity contribution < 1.29 is 9.53 Å². The van der Waals surface area contributed by atoms with Crippen molar-refractivity contribution in [3.8, 4) is 0 Å². The van der Waals surface area contributed by atoms with Gasteiger partial charge >= 0.3 is 6.09 Å². The molecule has 1 heterocycles. The summed E-state index contributed by atoms with van der Waals surface area (Å²) in [5, 5.41) is 6.79. The third-order valence-electron chi connectivity index (χ3n) is 4.93. The molecule has 1 amide bonds. The zero-order valence-electron chi connectivity index (χ0n) is 15.4. The number of amides is 1. The van der Waals surface area contributed by atoms with Crippen molar-refractivity contribution in [3.05, 3.63) is 0 Å². The molecule has 1 aliphatic heterocycles. The van der Waals surface area contributed by atoms with E-state index in [1.165, 1.54) is 38.8 Å². The van der Waals surface area contributed by atoms with Gasteiger partial charge in [-0.1, -0.05) is 0 Å². The molecule has 2 fully saturated rings. The van der Waals surface area contributed by atoms with Gasteiger partial charge in [0.25, 0.3) is 0 Å². The van der Waals surface area contributed by atoms with Gasteiger partial charge in [-0.3, -0.25) is 0 Å². The highest BCUT2D eigenvalue weighted by molar-refractivity contribution is 5.68. The molecule has 2 N–H and O–H groups in total. The van der Waals surface area contributed by atoms with E-state index in [1.807, 2.05) is 20.8 Å². The lowest BCUT2D eigenvalue weighted by Gasteiger charge is -2.34. The van der Waals surface area contributed by atoms with Gasteiger partial charge < -0.3 is 20.3 Å². The van der Waals surface area contributed by atoms with Crippen molar-refractivity contribution in [2.75, 3.05) is 26.7 Å². The van der Waals surface area contributed by atoms with Gasteiger partial charge in [-0.2, -0.15) is 0 Å². The van der Waals surface area contributed by atoms with Crippen LogP contribution < -0.4 is 10.6 Å². The van der Waals surface area contributed by atoms with Crippen LogP contribution in [0.2, 0.25) is 0 Å². The van der Waals surface area contributed by atoms with Gasteiger partial charge in [0.15, 0.2) is 0 Å². The van der Waals surface area contributed by atoms with E-state index in [2.05, 4.69) is 22.6 Å². The molecule has 1 aliphatic carbocycles. The van der Waals surface area contributed by atoms with Gasteiger partial charge in [-0.15, -0.1) is 0 Å². The maximum absolute atomic E-state index is 11.9. The maximum Gasteiger partial charge on any atom is 0.407 e. The molecule has 0 bridgehead atoms. The smallest absolute Gasteiger partial charge is 0.407 e. The molecule has 1 saturated carbocycles. The van der Waals surface area contributed by atoms with Crippen LogP contribution in [0.5, 0.6) is 0 Å². The Hall–Kier alpha value is -0.810. The van der Waals surface area contributed by atoms with E-state index in [0.29, 0.717) is 6.04 Å². The van der Waals surface area contributed by atoms with Crippen LogP contribution in [-0.2, 0) is 4.74 Å². The Morgan fingerprint density at radius 3 is 2.43 bits per heavy atom. The van der Waals surface area contributed by atoms with Crippen molar-refractivity contribution in [3.63, 3.8) is 0 Å². The first kappa shape index (κ1) is 18.5. The van der Waals surface area contributed by atoms with E-state index in [4.69, 9.17) is 4.74 Å². The standard InChI is InChI=1S/C18H35N3O2/c1-18(2,3)23-17(22)20-16-7-5-6-15(12-16)19-13-14-8-10-21(4)11-9-14/h14-16,19H,5-13H2,1-4H3,(H,20,22). The molecule has 0 radical (unpaired) electrons. The Morgan fingerprint density at radius 1 is 1.13 bits per heavy atom. The van der Waals surface area contributed by atoms with Gasteiger partial charge in [0.1, 0.15) is 5.60 Å². The first-order valence-corrected chi connectivity index (χ1v) is 9.23. The summed E-state index contributed by atoms with van der Waals surface area (Å²) >= 11 is 0. The molecule has 134 valence electrons. The molecule has 5 nitrogen and oxygen atoms in total. The summed E-state index contributed by atoms with van der Waals surface area (Å²) < 4.78 is 5.37. The molecular weight excluding hydrogens is 290 g/mol. The maximum atomic E-state index is 11.9. The van der Waals surface area contributed by atoms with Gasteiger partial charge in [0.2, 0.25) is 0 Å². The average Bonchev–Trinajstić information content (AvgIpc) is 2.45. The topological polar surface area (TPSA) is 53.6 Å². The third kappa shape index (κ3) is 7.08. The molecule has 23 heavy (non-hydrogen) atoms. The number of nitrogens with one attached hydrogen (secondary N) is 2. The molecule has 5 heteroatoms.